The van der Waals surface area contributed by atoms with Crippen molar-refractivity contribution < 1.29 is 24.1 Å². The highest BCUT2D eigenvalue weighted by Gasteiger charge is 2.42. The van der Waals surface area contributed by atoms with Crippen molar-refractivity contribution in [3.8, 4) is 5.75 Å². The SMILES string of the molecule is COc1ccc(CO[C@H]2[C@H](C)COC(OC(=N)C(Cl)(Cl)Cl)[C@@H]2O)cc1. The van der Waals surface area contributed by atoms with Crippen molar-refractivity contribution in [2.24, 2.45) is 5.92 Å². The molecule has 25 heavy (non-hydrogen) atoms. The van der Waals surface area contributed by atoms with E-state index in [-0.39, 0.29) is 12.5 Å². The molecule has 0 amide bonds. The number of halogens is 3. The molecule has 2 N–H and O–H groups in total. The summed E-state index contributed by atoms with van der Waals surface area (Å²) in [5.41, 5.74) is 0.929. The normalized spacial score (nSPS) is 27.0. The lowest BCUT2D eigenvalue weighted by molar-refractivity contribution is -0.243. The first kappa shape index (κ1) is 20.6. The second kappa shape index (κ2) is 8.75. The molecule has 0 saturated carbocycles. The zero-order chi connectivity index (χ0) is 18.6. The molecule has 0 aliphatic carbocycles. The fraction of sp³-hybridized carbons (Fsp3) is 0.562. The largest absolute Gasteiger partial charge is 0.497 e. The van der Waals surface area contributed by atoms with Gasteiger partial charge in [-0.2, -0.15) is 0 Å². The average molecular weight is 413 g/mol. The molecule has 1 aromatic carbocycles. The van der Waals surface area contributed by atoms with Gasteiger partial charge in [-0.05, 0) is 17.7 Å². The van der Waals surface area contributed by atoms with Gasteiger partial charge in [0.25, 0.3) is 3.79 Å². The molecule has 1 fully saturated rings. The predicted octanol–water partition coefficient (Wildman–Crippen LogP) is 3.30. The van der Waals surface area contributed by atoms with Gasteiger partial charge >= 0.3 is 0 Å². The summed E-state index contributed by atoms with van der Waals surface area (Å²) in [6, 6.07) is 7.41. The molecular weight excluding hydrogens is 393 g/mol. The molecule has 0 bridgehead atoms. The second-order valence-electron chi connectivity index (χ2n) is 5.74. The van der Waals surface area contributed by atoms with Crippen molar-refractivity contribution in [1.82, 2.24) is 0 Å². The summed E-state index contributed by atoms with van der Waals surface area (Å²) in [5.74, 6) is 0.0574. The highest BCUT2D eigenvalue weighted by molar-refractivity contribution is 6.76. The van der Waals surface area contributed by atoms with Crippen LogP contribution in [0.2, 0.25) is 0 Å². The lowest BCUT2D eigenvalue weighted by Gasteiger charge is -2.38. The van der Waals surface area contributed by atoms with E-state index in [0.717, 1.165) is 11.3 Å². The van der Waals surface area contributed by atoms with Crippen molar-refractivity contribution in [3.63, 3.8) is 0 Å². The van der Waals surface area contributed by atoms with Gasteiger partial charge in [0.05, 0.1) is 26.4 Å². The van der Waals surface area contributed by atoms with Gasteiger partial charge in [-0.25, -0.2) is 0 Å². The van der Waals surface area contributed by atoms with E-state index in [1.165, 1.54) is 0 Å². The molecule has 1 aromatic rings. The van der Waals surface area contributed by atoms with Crippen LogP contribution in [0.5, 0.6) is 5.75 Å². The maximum absolute atomic E-state index is 10.5. The van der Waals surface area contributed by atoms with Crippen molar-refractivity contribution in [2.45, 2.75) is 35.8 Å². The maximum atomic E-state index is 10.5. The van der Waals surface area contributed by atoms with Gasteiger partial charge in [0.15, 0.2) is 0 Å². The van der Waals surface area contributed by atoms with Crippen LogP contribution in [0.4, 0.5) is 0 Å². The standard InChI is InChI=1S/C16H20Cl3NO5/c1-9-7-24-14(25-15(20)16(17,18)19)12(21)13(9)23-8-10-3-5-11(22-2)6-4-10/h3-6,9,12-14,20-21H,7-8H2,1-2H3/t9-,12-,13+,14?/m1/s1. The second-order valence-corrected chi connectivity index (χ2v) is 8.02. The quantitative estimate of drug-likeness (QED) is 0.440. The number of aliphatic hydroxyl groups excluding tert-OH is 1. The molecule has 0 aromatic heterocycles. The minimum Gasteiger partial charge on any atom is -0.497 e. The highest BCUT2D eigenvalue weighted by atomic mass is 35.6. The Morgan fingerprint density at radius 3 is 2.52 bits per heavy atom. The number of methoxy groups -OCH3 is 1. The van der Waals surface area contributed by atoms with E-state index in [1.807, 2.05) is 31.2 Å². The Morgan fingerprint density at radius 1 is 1.32 bits per heavy atom. The highest BCUT2D eigenvalue weighted by Crippen LogP contribution is 2.31. The Morgan fingerprint density at radius 2 is 1.96 bits per heavy atom. The van der Waals surface area contributed by atoms with E-state index in [2.05, 4.69) is 0 Å². The average Bonchev–Trinajstić information content (AvgIpc) is 2.57. The molecule has 1 aliphatic heterocycles. The van der Waals surface area contributed by atoms with E-state index >= 15 is 0 Å². The summed E-state index contributed by atoms with van der Waals surface area (Å²) in [5, 5.41) is 18.0. The first-order chi connectivity index (χ1) is 11.7. The number of alkyl halides is 3. The van der Waals surface area contributed by atoms with Gasteiger partial charge < -0.3 is 24.1 Å². The minimum atomic E-state index is -2.02. The van der Waals surface area contributed by atoms with Gasteiger partial charge in [0.1, 0.15) is 11.9 Å². The Labute approximate surface area is 161 Å². The van der Waals surface area contributed by atoms with Crippen LogP contribution in [0.25, 0.3) is 0 Å². The molecule has 1 unspecified atom stereocenters. The number of aliphatic hydroxyl groups is 1. The van der Waals surface area contributed by atoms with E-state index in [0.29, 0.717) is 6.61 Å². The first-order valence-electron chi connectivity index (χ1n) is 7.59. The molecule has 1 heterocycles. The molecule has 9 heteroatoms. The smallest absolute Gasteiger partial charge is 0.265 e. The molecule has 6 nitrogen and oxygen atoms in total. The molecule has 0 radical (unpaired) electrons. The van der Waals surface area contributed by atoms with Gasteiger partial charge in [0.2, 0.25) is 12.2 Å². The molecule has 2 rings (SSSR count). The molecule has 140 valence electrons. The summed E-state index contributed by atoms with van der Waals surface area (Å²) in [6.45, 7) is 2.46. The predicted molar refractivity (Wildman–Crippen MR) is 95.6 cm³/mol. The third-order valence-electron chi connectivity index (χ3n) is 3.79. The van der Waals surface area contributed by atoms with Crippen LogP contribution in [-0.2, 0) is 20.8 Å². The Hall–Kier alpha value is -0.760. The fourth-order valence-electron chi connectivity index (χ4n) is 2.40. The van der Waals surface area contributed by atoms with E-state index in [1.54, 1.807) is 7.11 Å². The van der Waals surface area contributed by atoms with Gasteiger partial charge in [-0.1, -0.05) is 53.9 Å². The summed E-state index contributed by atoms with van der Waals surface area (Å²) >= 11 is 16.8. The van der Waals surface area contributed by atoms with Crippen molar-refractivity contribution in [3.05, 3.63) is 29.8 Å². The van der Waals surface area contributed by atoms with Crippen LogP contribution in [0.3, 0.4) is 0 Å². The molecular formula is C16H20Cl3NO5. The summed E-state index contributed by atoms with van der Waals surface area (Å²) in [6.07, 6.45) is -2.82. The van der Waals surface area contributed by atoms with Crippen LogP contribution in [0.15, 0.2) is 24.3 Å². The lowest BCUT2D eigenvalue weighted by Crippen LogP contribution is -2.52. The van der Waals surface area contributed by atoms with Crippen LogP contribution in [0, 0.1) is 11.3 Å². The molecule has 1 aliphatic rings. The van der Waals surface area contributed by atoms with Gasteiger partial charge in [-0.3, -0.25) is 5.41 Å². The lowest BCUT2D eigenvalue weighted by atomic mass is 9.97. The topological polar surface area (TPSA) is 81.0 Å². The first-order valence-corrected chi connectivity index (χ1v) is 8.72. The van der Waals surface area contributed by atoms with E-state index in [4.69, 9.17) is 59.2 Å². The van der Waals surface area contributed by atoms with Crippen LogP contribution < -0.4 is 4.74 Å². The number of hydrogen-bond donors (Lipinski definition) is 2. The van der Waals surface area contributed by atoms with Crippen molar-refractivity contribution in [1.29, 1.82) is 5.41 Å². The number of hydrogen-bond acceptors (Lipinski definition) is 6. The third-order valence-corrected chi connectivity index (χ3v) is 4.31. The van der Waals surface area contributed by atoms with E-state index < -0.39 is 28.2 Å². The van der Waals surface area contributed by atoms with Crippen molar-refractivity contribution in [2.75, 3.05) is 13.7 Å². The summed E-state index contributed by atoms with van der Waals surface area (Å²) < 4.78 is 19.5. The van der Waals surface area contributed by atoms with Gasteiger partial charge in [0, 0.05) is 5.92 Å². The number of benzene rings is 1. The monoisotopic (exact) mass is 411 g/mol. The summed E-state index contributed by atoms with van der Waals surface area (Å²) in [7, 11) is 1.60. The number of ether oxygens (including phenoxy) is 4. The van der Waals surface area contributed by atoms with Crippen LogP contribution in [-0.4, -0.2) is 47.0 Å². The zero-order valence-corrected chi connectivity index (χ0v) is 16.0. The third kappa shape index (κ3) is 5.61. The van der Waals surface area contributed by atoms with Gasteiger partial charge in [-0.15, -0.1) is 0 Å². The molecule has 4 atom stereocenters. The Balaban J connectivity index is 1.96. The Bertz CT molecular complexity index is 578. The fourth-order valence-corrected chi connectivity index (χ4v) is 2.53. The van der Waals surface area contributed by atoms with E-state index in [9.17, 15) is 5.11 Å². The van der Waals surface area contributed by atoms with Crippen LogP contribution in [0.1, 0.15) is 12.5 Å². The van der Waals surface area contributed by atoms with Crippen LogP contribution >= 0.6 is 34.8 Å². The number of rotatable bonds is 5. The zero-order valence-electron chi connectivity index (χ0n) is 13.7. The Kier molecular flexibility index (Phi) is 7.19. The maximum Gasteiger partial charge on any atom is 0.265 e. The number of nitrogens with one attached hydrogen (secondary N) is 1. The molecule has 0 spiro atoms. The summed E-state index contributed by atoms with van der Waals surface area (Å²) in [4.78, 5) is 0. The molecule has 1 saturated heterocycles. The minimum absolute atomic E-state index is 0.0740. The van der Waals surface area contributed by atoms with Crippen molar-refractivity contribution >= 4 is 40.7 Å².